The first-order chi connectivity index (χ1) is 15.7. The third-order valence-electron chi connectivity index (χ3n) is 5.76. The first kappa shape index (κ1) is 20.2. The number of aromatic nitrogens is 3. The van der Waals surface area contributed by atoms with Crippen LogP contribution >= 0.6 is 12.2 Å². The van der Waals surface area contributed by atoms with E-state index in [0.717, 1.165) is 34.2 Å². The van der Waals surface area contributed by atoms with Crippen LogP contribution in [0.5, 0.6) is 5.75 Å². The van der Waals surface area contributed by atoms with Crippen molar-refractivity contribution in [1.29, 1.82) is 0 Å². The second-order valence-corrected chi connectivity index (χ2v) is 8.00. The number of aryl methyl sites for hydroxylation is 1. The molecule has 1 aliphatic heterocycles. The molecule has 0 spiro atoms. The summed E-state index contributed by atoms with van der Waals surface area (Å²) in [5, 5.41) is 4.15. The molecule has 0 unspecified atom stereocenters. The fourth-order valence-electron chi connectivity index (χ4n) is 4.37. The zero-order valence-electron chi connectivity index (χ0n) is 17.8. The van der Waals surface area contributed by atoms with E-state index in [9.17, 15) is 0 Å². The van der Waals surface area contributed by atoms with Gasteiger partial charge in [-0.25, -0.2) is 0 Å². The summed E-state index contributed by atoms with van der Waals surface area (Å²) in [6, 6.07) is 21.9. The molecule has 1 saturated heterocycles. The van der Waals surface area contributed by atoms with Gasteiger partial charge in [0.2, 0.25) is 0 Å². The van der Waals surface area contributed by atoms with E-state index >= 15 is 0 Å². The lowest BCUT2D eigenvalue weighted by Gasteiger charge is -2.30. The van der Waals surface area contributed by atoms with E-state index in [4.69, 9.17) is 17.0 Å². The van der Waals surface area contributed by atoms with Crippen molar-refractivity contribution in [2.45, 2.75) is 19.0 Å². The number of benzene rings is 1. The number of nitrogens with zero attached hydrogens (tertiary/aromatic N) is 4. The summed E-state index contributed by atoms with van der Waals surface area (Å²) in [7, 11) is 1.68. The Labute approximate surface area is 192 Å². The minimum absolute atomic E-state index is 0.140. The zero-order chi connectivity index (χ0) is 22.1. The molecule has 7 heteroatoms. The molecule has 1 fully saturated rings. The number of anilines is 1. The van der Waals surface area contributed by atoms with Gasteiger partial charge in [-0.05, 0) is 67.7 Å². The Morgan fingerprint density at radius 3 is 2.56 bits per heavy atom. The van der Waals surface area contributed by atoms with Gasteiger partial charge in [-0.1, -0.05) is 18.2 Å². The van der Waals surface area contributed by atoms with Crippen LogP contribution in [0.1, 0.15) is 29.2 Å². The Kier molecular flexibility index (Phi) is 5.33. The highest BCUT2D eigenvalue weighted by Gasteiger charge is 2.43. The molecule has 4 heterocycles. The topological polar surface area (TPSA) is 55.2 Å². The fraction of sp³-hybridized carbons (Fsp3) is 0.160. The Morgan fingerprint density at radius 2 is 1.81 bits per heavy atom. The molecule has 3 aromatic heterocycles. The molecule has 1 N–H and O–H groups in total. The summed E-state index contributed by atoms with van der Waals surface area (Å²) in [4.78, 5) is 11.1. The van der Waals surface area contributed by atoms with Crippen molar-refractivity contribution in [2.24, 2.45) is 0 Å². The molecule has 160 valence electrons. The van der Waals surface area contributed by atoms with Gasteiger partial charge in [-0.2, -0.15) is 0 Å². The number of methoxy groups -OCH3 is 1. The second kappa shape index (κ2) is 8.43. The van der Waals surface area contributed by atoms with Crippen molar-refractivity contribution in [3.05, 3.63) is 102 Å². The standard InChI is InChI=1S/C25H23N5OS/c1-17-12-13-21(29(17)18-8-7-14-26-16-18)24-23(19-9-5-6-15-27-19)28-25(32)30(24)20-10-3-4-11-22(20)31-2/h3-16,23-24H,1-2H3,(H,28,32)/t23-,24+/m0/s1. The van der Waals surface area contributed by atoms with Gasteiger partial charge in [0, 0.05) is 23.8 Å². The largest absolute Gasteiger partial charge is 0.495 e. The van der Waals surface area contributed by atoms with E-state index < -0.39 is 0 Å². The third-order valence-corrected chi connectivity index (χ3v) is 6.07. The smallest absolute Gasteiger partial charge is 0.174 e. The van der Waals surface area contributed by atoms with E-state index in [2.05, 4.69) is 49.9 Å². The van der Waals surface area contributed by atoms with Crippen molar-refractivity contribution < 1.29 is 4.74 Å². The number of ether oxygens (including phenoxy) is 1. The molecule has 32 heavy (non-hydrogen) atoms. The molecule has 1 aliphatic rings. The molecule has 0 amide bonds. The average molecular weight is 442 g/mol. The molecule has 0 saturated carbocycles. The van der Waals surface area contributed by atoms with Crippen molar-refractivity contribution in [2.75, 3.05) is 12.0 Å². The first-order valence-electron chi connectivity index (χ1n) is 10.4. The van der Waals surface area contributed by atoms with Crippen molar-refractivity contribution in [1.82, 2.24) is 19.9 Å². The monoisotopic (exact) mass is 441 g/mol. The number of para-hydroxylation sites is 2. The number of hydrogen-bond acceptors (Lipinski definition) is 4. The molecule has 0 aliphatic carbocycles. The van der Waals surface area contributed by atoms with Crippen LogP contribution in [0.3, 0.4) is 0 Å². The summed E-state index contributed by atoms with van der Waals surface area (Å²) < 4.78 is 7.92. The quantitative estimate of drug-likeness (QED) is 0.451. The lowest BCUT2D eigenvalue weighted by molar-refractivity contribution is 0.414. The van der Waals surface area contributed by atoms with Crippen molar-refractivity contribution in [3.8, 4) is 11.4 Å². The number of pyridine rings is 2. The van der Waals surface area contributed by atoms with E-state index in [-0.39, 0.29) is 12.1 Å². The number of hydrogen-bond donors (Lipinski definition) is 1. The van der Waals surface area contributed by atoms with Crippen LogP contribution in [-0.2, 0) is 0 Å². The summed E-state index contributed by atoms with van der Waals surface area (Å²) in [5.74, 6) is 0.763. The highest BCUT2D eigenvalue weighted by atomic mass is 32.1. The Hall–Kier alpha value is -3.71. The van der Waals surface area contributed by atoms with Crippen LogP contribution < -0.4 is 15.0 Å². The molecule has 1 aromatic carbocycles. The van der Waals surface area contributed by atoms with Crippen LogP contribution in [-0.4, -0.2) is 26.8 Å². The van der Waals surface area contributed by atoms with Gasteiger partial charge in [-0.3, -0.25) is 9.97 Å². The number of nitrogens with one attached hydrogen (secondary N) is 1. The molecular weight excluding hydrogens is 418 g/mol. The van der Waals surface area contributed by atoms with Gasteiger partial charge in [0.05, 0.1) is 36.4 Å². The summed E-state index contributed by atoms with van der Waals surface area (Å²) in [5.41, 5.74) is 5.04. The highest BCUT2D eigenvalue weighted by Crippen LogP contribution is 2.45. The van der Waals surface area contributed by atoms with Gasteiger partial charge < -0.3 is 19.5 Å². The zero-order valence-corrected chi connectivity index (χ0v) is 18.7. The summed E-state index contributed by atoms with van der Waals surface area (Å²) in [6.45, 7) is 2.10. The van der Waals surface area contributed by atoms with Crippen LogP contribution in [0.4, 0.5) is 5.69 Å². The van der Waals surface area contributed by atoms with Gasteiger partial charge in [-0.15, -0.1) is 0 Å². The normalized spacial score (nSPS) is 17.9. The average Bonchev–Trinajstić information content (AvgIpc) is 3.39. The fourth-order valence-corrected chi connectivity index (χ4v) is 4.71. The summed E-state index contributed by atoms with van der Waals surface area (Å²) >= 11 is 5.86. The lowest BCUT2D eigenvalue weighted by Crippen LogP contribution is -2.30. The maximum absolute atomic E-state index is 5.86. The number of rotatable bonds is 5. The minimum atomic E-state index is -0.150. The van der Waals surface area contributed by atoms with E-state index in [1.807, 2.05) is 60.9 Å². The Morgan fingerprint density at radius 1 is 0.969 bits per heavy atom. The van der Waals surface area contributed by atoms with Crippen LogP contribution in [0.15, 0.2) is 85.3 Å². The second-order valence-electron chi connectivity index (χ2n) is 7.61. The van der Waals surface area contributed by atoms with Gasteiger partial charge in [0.1, 0.15) is 11.8 Å². The van der Waals surface area contributed by atoms with Crippen LogP contribution in [0, 0.1) is 6.92 Å². The van der Waals surface area contributed by atoms with Crippen LogP contribution in [0.25, 0.3) is 5.69 Å². The SMILES string of the molecule is COc1ccccc1N1C(=S)N[C@@H](c2ccccn2)[C@H]1c1ccc(C)n1-c1cccnc1. The lowest BCUT2D eigenvalue weighted by atomic mass is 10.0. The van der Waals surface area contributed by atoms with Crippen molar-refractivity contribution in [3.63, 3.8) is 0 Å². The predicted molar refractivity (Wildman–Crippen MR) is 129 cm³/mol. The summed E-state index contributed by atoms with van der Waals surface area (Å²) in [6.07, 6.45) is 5.47. The van der Waals surface area contributed by atoms with E-state index in [0.29, 0.717) is 5.11 Å². The molecule has 2 atom stereocenters. The minimum Gasteiger partial charge on any atom is -0.495 e. The van der Waals surface area contributed by atoms with Crippen LogP contribution in [0.2, 0.25) is 0 Å². The maximum Gasteiger partial charge on any atom is 0.174 e. The molecule has 0 radical (unpaired) electrons. The van der Waals surface area contributed by atoms with Gasteiger partial charge in [0.15, 0.2) is 5.11 Å². The van der Waals surface area contributed by atoms with E-state index in [1.165, 1.54) is 0 Å². The van der Waals surface area contributed by atoms with Gasteiger partial charge >= 0.3 is 0 Å². The highest BCUT2D eigenvalue weighted by molar-refractivity contribution is 7.80. The molecular formula is C25H23N5OS. The Balaban J connectivity index is 1.72. The molecule has 0 bridgehead atoms. The molecule has 6 nitrogen and oxygen atoms in total. The number of thiocarbonyl (C=S) groups is 1. The Bertz CT molecular complexity index is 1240. The maximum atomic E-state index is 5.86. The first-order valence-corrected chi connectivity index (χ1v) is 10.8. The molecule has 4 aromatic rings. The molecule has 5 rings (SSSR count). The van der Waals surface area contributed by atoms with Gasteiger partial charge in [0.25, 0.3) is 0 Å². The third kappa shape index (κ3) is 3.40. The van der Waals surface area contributed by atoms with E-state index in [1.54, 1.807) is 13.3 Å². The van der Waals surface area contributed by atoms with Crippen molar-refractivity contribution >= 4 is 23.0 Å². The predicted octanol–water partition coefficient (Wildman–Crippen LogP) is 4.76.